The van der Waals surface area contributed by atoms with Gasteiger partial charge in [-0.2, -0.15) is 0 Å². The van der Waals surface area contributed by atoms with Gasteiger partial charge in [-0.1, -0.05) is 36.4 Å². The average molecular weight is 380 g/mol. The molecule has 0 aliphatic carbocycles. The van der Waals surface area contributed by atoms with Gasteiger partial charge in [0.25, 0.3) is 0 Å². The van der Waals surface area contributed by atoms with Crippen molar-refractivity contribution in [1.82, 2.24) is 20.2 Å². The molecule has 1 aliphatic rings. The van der Waals surface area contributed by atoms with E-state index in [2.05, 4.69) is 45.9 Å². The lowest BCUT2D eigenvalue weighted by Crippen LogP contribution is -3.12. The monoisotopic (exact) mass is 380 g/mol. The molecule has 3 aromatic rings. The Hall–Kier alpha value is -2.77. The smallest absolute Gasteiger partial charge is 0.214 e. The molecule has 2 aromatic carbocycles. The number of nitrogens with one attached hydrogen (secondary N) is 1. The Labute approximate surface area is 164 Å². The summed E-state index contributed by atoms with van der Waals surface area (Å²) in [4.78, 5) is 1.41. The van der Waals surface area contributed by atoms with E-state index in [1.165, 1.54) is 16.0 Å². The molecule has 28 heavy (non-hydrogen) atoms. The molecule has 4 rings (SSSR count). The van der Waals surface area contributed by atoms with Crippen molar-refractivity contribution in [3.8, 4) is 5.75 Å². The van der Waals surface area contributed by atoms with E-state index < -0.39 is 0 Å². The lowest BCUT2D eigenvalue weighted by atomic mass is 9.95. The standard InChI is InChI=1S/C21H25N5O2/c1-27-14-13-26-21(22-23-24-26)20(18-9-5-6-10-19(18)28-2)25-12-11-16-7-3-4-8-17(16)15-25/h3-10,20H,11-15H2,1-2H3/p+1/t20-/m0/s1. The van der Waals surface area contributed by atoms with Crippen LogP contribution in [0, 0.1) is 0 Å². The first-order valence-electron chi connectivity index (χ1n) is 9.61. The van der Waals surface area contributed by atoms with Gasteiger partial charge < -0.3 is 14.4 Å². The van der Waals surface area contributed by atoms with E-state index in [1.807, 2.05) is 22.9 Å². The van der Waals surface area contributed by atoms with Crippen LogP contribution in [-0.2, 0) is 24.2 Å². The molecule has 7 nitrogen and oxygen atoms in total. The molecule has 0 fully saturated rings. The van der Waals surface area contributed by atoms with Crippen LogP contribution in [0.1, 0.15) is 28.6 Å². The highest BCUT2D eigenvalue weighted by Gasteiger charge is 2.35. The molecule has 1 aromatic heterocycles. The van der Waals surface area contributed by atoms with Gasteiger partial charge >= 0.3 is 0 Å². The minimum Gasteiger partial charge on any atom is -0.496 e. The second-order valence-electron chi connectivity index (χ2n) is 7.03. The first kappa shape index (κ1) is 18.6. The fraction of sp³-hybridized carbons (Fsp3) is 0.381. The fourth-order valence-electron chi connectivity index (χ4n) is 4.05. The molecule has 146 valence electrons. The van der Waals surface area contributed by atoms with Crippen molar-refractivity contribution < 1.29 is 14.4 Å². The number of hydrogen-bond acceptors (Lipinski definition) is 5. The molecule has 1 unspecified atom stereocenters. The van der Waals surface area contributed by atoms with E-state index >= 15 is 0 Å². The number of methoxy groups -OCH3 is 2. The number of rotatable bonds is 7. The molecule has 0 amide bonds. The van der Waals surface area contributed by atoms with Gasteiger partial charge in [0.2, 0.25) is 5.82 Å². The van der Waals surface area contributed by atoms with Crippen molar-refractivity contribution in [3.05, 3.63) is 71.0 Å². The van der Waals surface area contributed by atoms with Crippen LogP contribution in [0.5, 0.6) is 5.75 Å². The van der Waals surface area contributed by atoms with Crippen molar-refractivity contribution in [2.75, 3.05) is 27.4 Å². The fourth-order valence-corrected chi connectivity index (χ4v) is 4.05. The molecule has 0 spiro atoms. The Kier molecular flexibility index (Phi) is 5.64. The minimum absolute atomic E-state index is 0.0173. The average Bonchev–Trinajstić information content (AvgIpc) is 3.21. The van der Waals surface area contributed by atoms with Crippen LogP contribution in [0.25, 0.3) is 0 Å². The molecule has 1 aliphatic heterocycles. The lowest BCUT2D eigenvalue weighted by molar-refractivity contribution is -0.941. The maximum Gasteiger partial charge on any atom is 0.214 e. The number of quaternary nitrogens is 1. The number of tetrazole rings is 1. The molecule has 0 radical (unpaired) electrons. The van der Waals surface area contributed by atoms with E-state index in [9.17, 15) is 0 Å². The van der Waals surface area contributed by atoms with Gasteiger partial charge in [-0.15, -0.1) is 5.10 Å². The molecule has 2 atom stereocenters. The predicted octanol–water partition coefficient (Wildman–Crippen LogP) is 1.06. The second-order valence-corrected chi connectivity index (χ2v) is 7.03. The van der Waals surface area contributed by atoms with Crippen molar-refractivity contribution in [1.29, 1.82) is 0 Å². The molecule has 1 N–H and O–H groups in total. The molecular formula is C21H26N5O2+. The molecule has 0 saturated carbocycles. The highest BCUT2D eigenvalue weighted by Crippen LogP contribution is 2.27. The van der Waals surface area contributed by atoms with Crippen molar-refractivity contribution in [2.45, 2.75) is 25.6 Å². The van der Waals surface area contributed by atoms with Gasteiger partial charge in [0.15, 0.2) is 6.04 Å². The van der Waals surface area contributed by atoms with E-state index in [4.69, 9.17) is 9.47 Å². The normalized spacial score (nSPS) is 17.1. The zero-order valence-electron chi connectivity index (χ0n) is 16.3. The summed E-state index contributed by atoms with van der Waals surface area (Å²) in [6.07, 6.45) is 1.04. The van der Waals surface area contributed by atoms with Gasteiger partial charge in [-0.3, -0.25) is 0 Å². The van der Waals surface area contributed by atoms with Crippen molar-refractivity contribution in [3.63, 3.8) is 0 Å². The Morgan fingerprint density at radius 1 is 1.07 bits per heavy atom. The minimum atomic E-state index is -0.0173. The summed E-state index contributed by atoms with van der Waals surface area (Å²) < 4.78 is 12.8. The van der Waals surface area contributed by atoms with Gasteiger partial charge in [-0.05, 0) is 28.1 Å². The Morgan fingerprint density at radius 3 is 2.68 bits per heavy atom. The van der Waals surface area contributed by atoms with Gasteiger partial charge in [-0.25, -0.2) is 4.68 Å². The summed E-state index contributed by atoms with van der Waals surface area (Å²) in [6.45, 7) is 3.12. The summed E-state index contributed by atoms with van der Waals surface area (Å²) in [5.74, 6) is 1.70. The highest BCUT2D eigenvalue weighted by molar-refractivity contribution is 5.37. The first-order valence-corrected chi connectivity index (χ1v) is 9.61. The van der Waals surface area contributed by atoms with E-state index in [0.29, 0.717) is 13.2 Å². The van der Waals surface area contributed by atoms with Gasteiger partial charge in [0, 0.05) is 19.1 Å². The van der Waals surface area contributed by atoms with Crippen molar-refractivity contribution in [2.24, 2.45) is 0 Å². The number of hydrogen-bond donors (Lipinski definition) is 1. The summed E-state index contributed by atoms with van der Waals surface area (Å²) in [5, 5.41) is 12.6. The summed E-state index contributed by atoms with van der Waals surface area (Å²) in [6, 6.07) is 16.8. The van der Waals surface area contributed by atoms with Gasteiger partial charge in [0.1, 0.15) is 12.3 Å². The maximum absolute atomic E-state index is 5.69. The summed E-state index contributed by atoms with van der Waals surface area (Å²) in [5.41, 5.74) is 3.93. The second kappa shape index (κ2) is 8.50. The molecule has 2 heterocycles. The number of benzene rings is 2. The summed E-state index contributed by atoms with van der Waals surface area (Å²) in [7, 11) is 3.40. The molecular weight excluding hydrogens is 354 g/mol. The molecule has 0 bridgehead atoms. The van der Waals surface area contributed by atoms with Crippen LogP contribution in [0.15, 0.2) is 48.5 Å². The van der Waals surface area contributed by atoms with Crippen LogP contribution in [0.3, 0.4) is 0 Å². The van der Waals surface area contributed by atoms with Gasteiger partial charge in [0.05, 0.1) is 32.4 Å². The Bertz CT molecular complexity index is 926. The van der Waals surface area contributed by atoms with E-state index in [1.54, 1.807) is 14.2 Å². The first-order chi connectivity index (χ1) is 13.8. The number of aromatic nitrogens is 4. The zero-order chi connectivity index (χ0) is 19.3. The third-order valence-electron chi connectivity index (χ3n) is 5.43. The van der Waals surface area contributed by atoms with E-state index in [-0.39, 0.29) is 6.04 Å². The summed E-state index contributed by atoms with van der Waals surface area (Å²) >= 11 is 0. The van der Waals surface area contributed by atoms with E-state index in [0.717, 1.165) is 36.6 Å². The number of ether oxygens (including phenoxy) is 2. The number of fused-ring (bicyclic) bond motifs is 1. The number of nitrogens with zero attached hydrogens (tertiary/aromatic N) is 4. The lowest BCUT2D eigenvalue weighted by Gasteiger charge is -2.32. The van der Waals surface area contributed by atoms with Crippen LogP contribution in [-0.4, -0.2) is 47.6 Å². The largest absolute Gasteiger partial charge is 0.496 e. The topological polar surface area (TPSA) is 66.5 Å². The quantitative estimate of drug-likeness (QED) is 0.664. The maximum atomic E-state index is 5.69. The third kappa shape index (κ3) is 3.63. The number of para-hydroxylation sites is 1. The van der Waals surface area contributed by atoms with Crippen LogP contribution >= 0.6 is 0 Å². The molecule has 0 saturated heterocycles. The zero-order valence-corrected chi connectivity index (χ0v) is 16.3. The highest BCUT2D eigenvalue weighted by atomic mass is 16.5. The Morgan fingerprint density at radius 2 is 1.86 bits per heavy atom. The third-order valence-corrected chi connectivity index (χ3v) is 5.43. The molecule has 7 heteroatoms. The Balaban J connectivity index is 1.76. The van der Waals surface area contributed by atoms with Crippen LogP contribution in [0.2, 0.25) is 0 Å². The van der Waals surface area contributed by atoms with Crippen LogP contribution in [0.4, 0.5) is 0 Å². The SMILES string of the molecule is COCCn1nnnc1[C@H](c1ccccc1OC)[NH+]1CCc2ccccc2C1. The van der Waals surface area contributed by atoms with Crippen molar-refractivity contribution >= 4 is 0 Å². The van der Waals surface area contributed by atoms with Crippen LogP contribution < -0.4 is 9.64 Å². The predicted molar refractivity (Wildman–Crippen MR) is 104 cm³/mol.